The number of nitrogens with one attached hydrogen (secondary N) is 1. The molecule has 0 fully saturated rings. The maximum Gasteiger partial charge on any atom is 0.351 e. The van der Waals surface area contributed by atoms with Crippen molar-refractivity contribution in [1.29, 1.82) is 0 Å². The number of para-hydroxylation sites is 1. The van der Waals surface area contributed by atoms with Gasteiger partial charge in [0.05, 0.1) is 12.1 Å². The Kier molecular flexibility index (Phi) is 3.69. The van der Waals surface area contributed by atoms with Gasteiger partial charge in [-0.05, 0) is 23.9 Å². The lowest BCUT2D eigenvalue weighted by atomic mass is 10.3. The summed E-state index contributed by atoms with van der Waals surface area (Å²) in [5.41, 5.74) is 1.06. The maximum atomic E-state index is 11.5. The smallest absolute Gasteiger partial charge is 0.351 e. The molecule has 0 aliphatic carbocycles. The number of aromatic amines is 1. The van der Waals surface area contributed by atoms with Crippen LogP contribution in [0.5, 0.6) is 0 Å². The van der Waals surface area contributed by atoms with Crippen molar-refractivity contribution in [3.05, 3.63) is 40.4 Å². The van der Waals surface area contributed by atoms with E-state index in [-0.39, 0.29) is 5.15 Å². The van der Waals surface area contributed by atoms with Gasteiger partial charge >= 0.3 is 5.97 Å². The number of ether oxygens (including phenoxy) is 1. The lowest BCUT2D eigenvalue weighted by Crippen LogP contribution is -1.98. The Balaban J connectivity index is 1.89. The van der Waals surface area contributed by atoms with Crippen LogP contribution in [-0.2, 0) is 4.74 Å². The molecule has 102 valence electrons. The molecule has 0 spiro atoms. The van der Waals surface area contributed by atoms with Gasteiger partial charge in [-0.2, -0.15) is 0 Å². The third-order valence-corrected chi connectivity index (χ3v) is 5.06. The molecule has 3 rings (SSSR count). The predicted molar refractivity (Wildman–Crippen MR) is 80.9 cm³/mol. The number of H-pyrrole nitrogens is 1. The fraction of sp³-hybridized carbons (Fsp3) is 0.0769. The molecule has 0 radical (unpaired) electrons. The minimum Gasteiger partial charge on any atom is -0.465 e. The number of halogens is 1. The zero-order chi connectivity index (χ0) is 14.1. The Morgan fingerprint density at radius 2 is 2.25 bits per heavy atom. The summed E-state index contributed by atoms with van der Waals surface area (Å²) in [6, 6.07) is 10.0. The van der Waals surface area contributed by atoms with E-state index < -0.39 is 5.97 Å². The minimum atomic E-state index is -0.462. The van der Waals surface area contributed by atoms with E-state index in [0.717, 1.165) is 15.9 Å². The number of nitrogens with zero attached hydrogens (tertiary/aromatic N) is 1. The van der Waals surface area contributed by atoms with Crippen LogP contribution in [0.2, 0.25) is 5.15 Å². The molecule has 2 aromatic heterocycles. The molecule has 0 saturated heterocycles. The van der Waals surface area contributed by atoms with Crippen LogP contribution in [0, 0.1) is 0 Å². The molecular formula is C13H9ClN2O2S2. The fourth-order valence-electron chi connectivity index (χ4n) is 1.74. The van der Waals surface area contributed by atoms with Crippen LogP contribution in [-0.4, -0.2) is 23.0 Å². The molecule has 1 N–H and O–H groups in total. The van der Waals surface area contributed by atoms with Gasteiger partial charge in [0, 0.05) is 10.9 Å². The quantitative estimate of drug-likeness (QED) is 0.733. The molecule has 3 aromatic rings. The van der Waals surface area contributed by atoms with Crippen LogP contribution in [0.15, 0.2) is 39.7 Å². The minimum absolute atomic E-state index is 0.181. The van der Waals surface area contributed by atoms with Crippen LogP contribution in [0.4, 0.5) is 0 Å². The molecule has 7 heteroatoms. The molecule has 0 amide bonds. The first-order valence-electron chi connectivity index (χ1n) is 5.67. The largest absolute Gasteiger partial charge is 0.465 e. The number of esters is 1. The van der Waals surface area contributed by atoms with Crippen molar-refractivity contribution in [2.24, 2.45) is 0 Å². The summed E-state index contributed by atoms with van der Waals surface area (Å²) in [5.74, 6) is -0.462. The van der Waals surface area contributed by atoms with Gasteiger partial charge in [-0.3, -0.25) is 0 Å². The highest BCUT2D eigenvalue weighted by Gasteiger charge is 2.18. The lowest BCUT2D eigenvalue weighted by molar-refractivity contribution is 0.0606. The van der Waals surface area contributed by atoms with Gasteiger partial charge in [-0.25, -0.2) is 9.78 Å². The molecule has 4 nitrogen and oxygen atoms in total. The Morgan fingerprint density at radius 3 is 3.00 bits per heavy atom. The molecule has 0 saturated carbocycles. The number of hydrogen-bond donors (Lipinski definition) is 1. The molecule has 0 aliphatic rings. The number of carbonyl (C=O) groups is 1. The summed E-state index contributed by atoms with van der Waals surface area (Å²) in [6.07, 6.45) is 0. The number of aromatic nitrogens is 2. The van der Waals surface area contributed by atoms with E-state index in [1.54, 1.807) is 0 Å². The Labute approximate surface area is 128 Å². The maximum absolute atomic E-state index is 11.5. The zero-order valence-corrected chi connectivity index (χ0v) is 12.7. The fourth-order valence-corrected chi connectivity index (χ4v) is 4.08. The molecule has 0 unspecified atom stereocenters. The van der Waals surface area contributed by atoms with Crippen molar-refractivity contribution in [3.8, 4) is 0 Å². The second-order valence-corrected chi connectivity index (χ2v) is 6.56. The molecule has 20 heavy (non-hydrogen) atoms. The van der Waals surface area contributed by atoms with Gasteiger partial charge in [0.2, 0.25) is 0 Å². The highest BCUT2D eigenvalue weighted by Crippen LogP contribution is 2.35. The van der Waals surface area contributed by atoms with E-state index in [0.29, 0.717) is 9.22 Å². The van der Waals surface area contributed by atoms with Crippen LogP contribution >= 0.6 is 34.7 Å². The first kappa shape index (κ1) is 13.5. The second-order valence-electron chi connectivity index (χ2n) is 3.91. The van der Waals surface area contributed by atoms with Gasteiger partial charge in [-0.15, -0.1) is 0 Å². The van der Waals surface area contributed by atoms with Crippen LogP contribution in [0.1, 0.15) is 9.67 Å². The van der Waals surface area contributed by atoms with E-state index in [1.807, 2.05) is 30.3 Å². The van der Waals surface area contributed by atoms with Crippen molar-refractivity contribution < 1.29 is 9.53 Å². The van der Waals surface area contributed by atoms with Crippen molar-refractivity contribution >= 4 is 51.6 Å². The normalized spacial score (nSPS) is 10.9. The molecule has 2 heterocycles. The van der Waals surface area contributed by atoms with E-state index >= 15 is 0 Å². The summed E-state index contributed by atoms with van der Waals surface area (Å²) >= 11 is 8.60. The summed E-state index contributed by atoms with van der Waals surface area (Å²) < 4.78 is 5.35. The van der Waals surface area contributed by atoms with Gasteiger partial charge in [0.25, 0.3) is 0 Å². The molecule has 0 bridgehead atoms. The van der Waals surface area contributed by atoms with Crippen LogP contribution in [0.25, 0.3) is 10.9 Å². The Morgan fingerprint density at radius 1 is 1.45 bits per heavy atom. The standard InChI is InChI=1S/C13H9ClN2O2S2/c1-18-12(17)10-11(14)16-13(20-10)19-9-6-7-4-2-3-5-8(7)15-9/h2-6,15H,1H3. The SMILES string of the molecule is COC(=O)c1sc(Sc2cc3ccccc3[nH]2)nc1Cl. The van der Waals surface area contributed by atoms with Crippen molar-refractivity contribution in [1.82, 2.24) is 9.97 Å². The van der Waals surface area contributed by atoms with Gasteiger partial charge in [0.15, 0.2) is 14.4 Å². The number of hydrogen-bond acceptors (Lipinski definition) is 5. The molecular weight excluding hydrogens is 316 g/mol. The topological polar surface area (TPSA) is 55.0 Å². The summed E-state index contributed by atoms with van der Waals surface area (Å²) in [7, 11) is 1.32. The number of fused-ring (bicyclic) bond motifs is 1. The Hall–Kier alpha value is -1.50. The highest BCUT2D eigenvalue weighted by molar-refractivity contribution is 8.01. The third-order valence-electron chi connectivity index (χ3n) is 2.64. The average molecular weight is 325 g/mol. The Bertz CT molecular complexity index is 749. The van der Waals surface area contributed by atoms with Crippen LogP contribution in [0.3, 0.4) is 0 Å². The molecule has 1 aromatic carbocycles. The average Bonchev–Trinajstić information content (AvgIpc) is 3.01. The van der Waals surface area contributed by atoms with E-state index in [9.17, 15) is 4.79 Å². The third kappa shape index (κ3) is 2.54. The zero-order valence-electron chi connectivity index (χ0n) is 10.3. The van der Waals surface area contributed by atoms with Crippen molar-refractivity contribution in [2.45, 2.75) is 9.37 Å². The van der Waals surface area contributed by atoms with Gasteiger partial charge in [-0.1, -0.05) is 41.1 Å². The summed E-state index contributed by atoms with van der Waals surface area (Å²) in [5, 5.41) is 2.26. The second kappa shape index (κ2) is 5.47. The summed E-state index contributed by atoms with van der Waals surface area (Å²) in [6.45, 7) is 0. The number of benzene rings is 1. The van der Waals surface area contributed by atoms with Gasteiger partial charge in [0.1, 0.15) is 0 Å². The monoisotopic (exact) mass is 324 g/mol. The highest BCUT2D eigenvalue weighted by atomic mass is 35.5. The van der Waals surface area contributed by atoms with E-state index in [4.69, 9.17) is 11.6 Å². The van der Waals surface area contributed by atoms with E-state index in [2.05, 4.69) is 14.7 Å². The van der Waals surface area contributed by atoms with Crippen LogP contribution < -0.4 is 0 Å². The first-order valence-corrected chi connectivity index (χ1v) is 7.68. The number of thiazole rings is 1. The van der Waals surface area contributed by atoms with Crippen molar-refractivity contribution in [2.75, 3.05) is 7.11 Å². The number of rotatable bonds is 3. The number of carbonyl (C=O) groups excluding carboxylic acids is 1. The molecule has 0 aliphatic heterocycles. The molecule has 0 atom stereocenters. The summed E-state index contributed by atoms with van der Waals surface area (Å²) in [4.78, 5) is 19.3. The van der Waals surface area contributed by atoms with E-state index in [1.165, 1.54) is 30.2 Å². The predicted octanol–water partition coefficient (Wildman–Crippen LogP) is 4.22. The lowest BCUT2D eigenvalue weighted by Gasteiger charge is -1.92. The van der Waals surface area contributed by atoms with Gasteiger partial charge < -0.3 is 9.72 Å². The number of methoxy groups -OCH3 is 1. The van der Waals surface area contributed by atoms with Crippen molar-refractivity contribution in [3.63, 3.8) is 0 Å². The first-order chi connectivity index (χ1) is 9.67.